The van der Waals surface area contributed by atoms with Crippen LogP contribution in [0.3, 0.4) is 0 Å². The molecule has 10 heteroatoms. The Labute approximate surface area is 443 Å². The van der Waals surface area contributed by atoms with Gasteiger partial charge in [0.2, 0.25) is 0 Å². The van der Waals surface area contributed by atoms with Crippen LogP contribution in [0.15, 0.2) is 60.7 Å². The first kappa shape index (κ1) is 56.5. The van der Waals surface area contributed by atoms with Crippen molar-refractivity contribution in [1.29, 1.82) is 0 Å². The van der Waals surface area contributed by atoms with E-state index >= 15 is 0 Å². The van der Waals surface area contributed by atoms with E-state index in [1.54, 1.807) is 0 Å². The number of fused-ring (bicyclic) bond motifs is 8. The molecule has 0 heterocycles. The minimum Gasteiger partial charge on any atom is -0.490 e. The zero-order valence-electron chi connectivity index (χ0n) is 45.9. The number of nitrogens with one attached hydrogen (secondary N) is 1. The lowest BCUT2D eigenvalue weighted by Crippen LogP contribution is -2.56. The van der Waals surface area contributed by atoms with E-state index < -0.39 is 11.4 Å². The number of hydrogen-bond donors (Lipinski definition) is 3. The number of carboxylic acid groups (broad SMARTS) is 1. The van der Waals surface area contributed by atoms with Crippen molar-refractivity contribution in [1.82, 2.24) is 5.32 Å². The van der Waals surface area contributed by atoms with Gasteiger partial charge in [-0.25, -0.2) is 0 Å². The first-order valence-electron chi connectivity index (χ1n) is 27.8. The van der Waals surface area contributed by atoms with Gasteiger partial charge in [0.15, 0.2) is 6.29 Å². The van der Waals surface area contributed by atoms with E-state index in [-0.39, 0.29) is 47.1 Å². The summed E-state index contributed by atoms with van der Waals surface area (Å²) in [5.41, 5.74) is 10.7. The van der Waals surface area contributed by atoms with Gasteiger partial charge in [-0.15, -0.1) is 12.4 Å². The van der Waals surface area contributed by atoms with Gasteiger partial charge in [0.1, 0.15) is 11.5 Å². The van der Waals surface area contributed by atoms with Crippen LogP contribution >= 0.6 is 12.4 Å². The molecular formula is C63H89ClN2O7. The molecular weight excluding hydrogens is 932 g/mol. The van der Waals surface area contributed by atoms with Crippen molar-refractivity contribution in [3.05, 3.63) is 82.9 Å². The maximum absolute atomic E-state index is 11.9. The Kier molecular flexibility index (Phi) is 17.5. The van der Waals surface area contributed by atoms with E-state index in [9.17, 15) is 19.5 Å². The number of methoxy groups -OCH3 is 1. The largest absolute Gasteiger partial charge is 0.490 e. The highest BCUT2D eigenvalue weighted by molar-refractivity contribution is 6.02. The number of carboxylic acids is 1. The maximum Gasteiger partial charge on any atom is 0.311 e. The maximum atomic E-state index is 11.9. The number of aryl methyl sites for hydroxylation is 2. The Morgan fingerprint density at radius 2 is 1.04 bits per heavy atom. The first-order chi connectivity index (χ1) is 34.1. The summed E-state index contributed by atoms with van der Waals surface area (Å²) >= 11 is 0. The standard InChI is InChI=1S/C31H43NO3.C22H28O2.C10H17NO2.ClH/c1-21-19-27(35-23-11-9-22(10-12-23)29(2,3)4)26(25-8-6-5-7-24(21)25)20-32-31-16-13-30(14-17-31,15-18-31)28(33)34;1-15-13-21(20(14-23)19-8-6-5-7-18(15)19)24-17-11-9-16(10-12-17)22(2,3)4;1-13-8(12)9-2-5-10(11,6-3-9)7-4-9;/h5-8,19,22-23,32H,9-18,20H2,1-4H3,(H,33,34);5-8,13-14,16-17H,9-12H2,1-4H3;2-7,11H2,1H3;1H. The van der Waals surface area contributed by atoms with Crippen LogP contribution in [0.4, 0.5) is 0 Å². The number of hydrogen-bond acceptors (Lipinski definition) is 8. The third kappa shape index (κ3) is 12.4. The molecule has 8 saturated carbocycles. The van der Waals surface area contributed by atoms with E-state index in [4.69, 9.17) is 19.9 Å². The summed E-state index contributed by atoms with van der Waals surface area (Å²) in [6.07, 6.45) is 21.7. The molecule has 400 valence electrons. The van der Waals surface area contributed by atoms with Crippen LogP contribution in [0, 0.1) is 47.3 Å². The number of aldehydes is 1. The fourth-order valence-electron chi connectivity index (χ4n) is 13.9. The number of esters is 1. The summed E-state index contributed by atoms with van der Waals surface area (Å²) in [5, 5.41) is 18.4. The average molecular weight is 1020 g/mol. The van der Waals surface area contributed by atoms with Crippen LogP contribution in [0.1, 0.15) is 197 Å². The van der Waals surface area contributed by atoms with Crippen LogP contribution in [0.5, 0.6) is 11.5 Å². The molecule has 0 spiro atoms. The second kappa shape index (κ2) is 22.6. The van der Waals surface area contributed by atoms with Crippen molar-refractivity contribution in [2.45, 2.75) is 214 Å². The predicted molar refractivity (Wildman–Crippen MR) is 298 cm³/mol. The summed E-state index contributed by atoms with van der Waals surface area (Å²) in [6, 6.07) is 21.0. The van der Waals surface area contributed by atoms with Crippen LogP contribution in [0.25, 0.3) is 21.5 Å². The molecule has 8 aliphatic carbocycles. The minimum absolute atomic E-state index is 0. The average Bonchev–Trinajstić information content (AvgIpc) is 3.37. The van der Waals surface area contributed by atoms with Gasteiger partial charge in [-0.05, 0) is 210 Å². The Hall–Kier alpha value is -4.18. The van der Waals surface area contributed by atoms with Gasteiger partial charge in [0, 0.05) is 23.2 Å². The van der Waals surface area contributed by atoms with Gasteiger partial charge < -0.3 is 30.4 Å². The second-order valence-electron chi connectivity index (χ2n) is 25.8. The molecule has 4 bridgehead atoms. The number of carbonyl (C=O) groups excluding carboxylic acids is 2. The molecule has 0 aromatic heterocycles. The van der Waals surface area contributed by atoms with E-state index in [0.717, 1.165) is 155 Å². The van der Waals surface area contributed by atoms with E-state index in [1.165, 1.54) is 54.7 Å². The molecule has 0 radical (unpaired) electrons. The lowest BCUT2D eigenvalue weighted by Gasteiger charge is -2.52. The van der Waals surface area contributed by atoms with Crippen molar-refractivity contribution in [2.24, 2.45) is 39.2 Å². The Morgan fingerprint density at radius 3 is 1.48 bits per heavy atom. The van der Waals surface area contributed by atoms with Crippen molar-refractivity contribution in [2.75, 3.05) is 7.11 Å². The van der Waals surface area contributed by atoms with Crippen LogP contribution < -0.4 is 20.5 Å². The van der Waals surface area contributed by atoms with Gasteiger partial charge in [0.05, 0.1) is 35.7 Å². The molecule has 0 unspecified atom stereocenters. The minimum atomic E-state index is -0.591. The molecule has 4 N–H and O–H groups in total. The molecule has 4 aromatic carbocycles. The highest BCUT2D eigenvalue weighted by atomic mass is 35.5. The molecule has 4 aromatic rings. The summed E-state index contributed by atoms with van der Waals surface area (Å²) in [7, 11) is 1.48. The van der Waals surface area contributed by atoms with E-state index in [0.29, 0.717) is 16.4 Å². The number of rotatable bonds is 10. The van der Waals surface area contributed by atoms with Crippen LogP contribution in [0.2, 0.25) is 0 Å². The van der Waals surface area contributed by atoms with Gasteiger partial charge in [-0.2, -0.15) is 0 Å². The lowest BCUT2D eigenvalue weighted by atomic mass is 9.57. The van der Waals surface area contributed by atoms with Gasteiger partial charge in [-0.1, -0.05) is 90.1 Å². The summed E-state index contributed by atoms with van der Waals surface area (Å²) in [4.78, 5) is 35.1. The summed E-state index contributed by atoms with van der Waals surface area (Å²) in [6.45, 7) is 19.1. The Bertz CT molecular complexity index is 2530. The fourth-order valence-corrected chi connectivity index (χ4v) is 13.9. The molecule has 73 heavy (non-hydrogen) atoms. The molecule has 0 aliphatic heterocycles. The fraction of sp³-hybridized carbons (Fsp3) is 0.635. The van der Waals surface area contributed by atoms with Crippen LogP contribution in [-0.2, 0) is 20.9 Å². The zero-order chi connectivity index (χ0) is 51.7. The second-order valence-corrected chi connectivity index (χ2v) is 25.8. The third-order valence-corrected chi connectivity index (χ3v) is 19.3. The molecule has 0 saturated heterocycles. The van der Waals surface area contributed by atoms with Crippen molar-refractivity contribution < 1.29 is 33.7 Å². The Morgan fingerprint density at radius 1 is 0.630 bits per heavy atom. The van der Waals surface area contributed by atoms with Crippen molar-refractivity contribution >= 4 is 52.2 Å². The van der Waals surface area contributed by atoms with Gasteiger partial charge >= 0.3 is 11.9 Å². The monoisotopic (exact) mass is 1020 g/mol. The SMILES string of the molecule is COC(=O)C12CCC(N)(CC1)CC2.Cc1cc(OC2CCC(C(C)(C)C)CC2)c(C=O)c2ccccc12.Cc1cc(OC2CCC(C(C)(C)C)CC2)c(CNC23CCC(C(=O)O)(CC2)CC3)c2ccccc12.Cl. The van der Waals surface area contributed by atoms with E-state index in [2.05, 4.69) is 97.1 Å². The first-order valence-corrected chi connectivity index (χ1v) is 27.8. The van der Waals surface area contributed by atoms with Gasteiger partial charge in [0.25, 0.3) is 0 Å². The van der Waals surface area contributed by atoms with Gasteiger partial charge in [-0.3, -0.25) is 14.4 Å². The molecule has 8 aliphatic rings. The lowest BCUT2D eigenvalue weighted by molar-refractivity contribution is -0.160. The molecule has 0 amide bonds. The summed E-state index contributed by atoms with van der Waals surface area (Å²) < 4.78 is 17.9. The highest BCUT2D eigenvalue weighted by Crippen LogP contribution is 2.54. The van der Waals surface area contributed by atoms with Crippen molar-refractivity contribution in [3.8, 4) is 11.5 Å². The third-order valence-electron chi connectivity index (χ3n) is 19.3. The normalized spacial score (nSPS) is 29.7. The number of benzene rings is 4. The molecule has 9 nitrogen and oxygen atoms in total. The smallest absolute Gasteiger partial charge is 0.311 e. The predicted octanol–water partition coefficient (Wildman–Crippen LogP) is 15.0. The topological polar surface area (TPSA) is 137 Å². The zero-order valence-corrected chi connectivity index (χ0v) is 46.7. The summed E-state index contributed by atoms with van der Waals surface area (Å²) in [5.74, 6) is 2.72. The number of ether oxygens (including phenoxy) is 3. The van der Waals surface area contributed by atoms with E-state index in [1.807, 2.05) is 24.3 Å². The molecule has 12 rings (SSSR count). The highest BCUT2D eigenvalue weighted by Gasteiger charge is 2.53. The van der Waals surface area contributed by atoms with Crippen molar-refractivity contribution in [3.63, 3.8) is 0 Å². The number of nitrogens with two attached hydrogens (primary N) is 1. The Balaban J connectivity index is 0.000000177. The number of halogens is 1. The molecule has 8 fully saturated rings. The number of carbonyl (C=O) groups is 3. The number of aliphatic carboxylic acids is 1. The van der Waals surface area contributed by atoms with Crippen LogP contribution in [-0.4, -0.2) is 53.7 Å². The quantitative estimate of drug-likeness (QED) is 0.105. The molecule has 0 atom stereocenters.